The molecule has 0 aliphatic heterocycles. The van der Waals surface area contributed by atoms with Gasteiger partial charge < -0.3 is 4.74 Å². The van der Waals surface area contributed by atoms with Crippen LogP contribution in [0.25, 0.3) is 0 Å². The van der Waals surface area contributed by atoms with E-state index in [0.29, 0.717) is 17.3 Å². The molecule has 3 aromatic rings. The Kier molecular flexibility index (Phi) is 6.23. The van der Waals surface area contributed by atoms with Gasteiger partial charge in [-0.25, -0.2) is 5.43 Å². The molecule has 0 unspecified atom stereocenters. The van der Waals surface area contributed by atoms with Crippen LogP contribution in [0.15, 0.2) is 84.0 Å². The lowest BCUT2D eigenvalue weighted by Gasteiger charge is -2.10. The van der Waals surface area contributed by atoms with Crippen LogP contribution in [0, 0.1) is 0 Å². The molecule has 0 fully saturated rings. The van der Waals surface area contributed by atoms with Crippen LogP contribution in [0.5, 0.6) is 5.75 Å². The second-order valence-corrected chi connectivity index (χ2v) is 6.37. The molecule has 3 aromatic carbocycles. The fourth-order valence-corrected chi connectivity index (χ4v) is 2.61. The van der Waals surface area contributed by atoms with Gasteiger partial charge in [0.25, 0.3) is 0 Å². The molecule has 0 saturated heterocycles. The highest BCUT2D eigenvalue weighted by Crippen LogP contribution is 2.19. The summed E-state index contributed by atoms with van der Waals surface area (Å²) in [4.78, 5) is 11.3. The van der Waals surface area contributed by atoms with Crippen molar-refractivity contribution in [3.63, 3.8) is 0 Å². The van der Waals surface area contributed by atoms with E-state index in [-0.39, 0.29) is 5.91 Å². The highest BCUT2D eigenvalue weighted by atomic mass is 35.5. The largest absolute Gasteiger partial charge is 0.489 e. The Morgan fingerprint density at radius 1 is 0.926 bits per heavy atom. The van der Waals surface area contributed by atoms with Crippen LogP contribution < -0.4 is 10.2 Å². The number of ether oxygens (including phenoxy) is 1. The van der Waals surface area contributed by atoms with Crippen molar-refractivity contribution in [3.05, 3.63) is 101 Å². The number of hydrazone groups is 1. The number of rotatable bonds is 6. The van der Waals surface area contributed by atoms with Gasteiger partial charge >= 0.3 is 0 Å². The molecule has 1 N–H and O–H groups in total. The fourth-order valence-electron chi connectivity index (χ4n) is 2.49. The molecular formula is C22H19ClN2O2. The number of hydrogen-bond acceptors (Lipinski definition) is 3. The van der Waals surface area contributed by atoms with Gasteiger partial charge in [0, 0.05) is 23.1 Å². The van der Waals surface area contributed by atoms with Crippen LogP contribution >= 0.6 is 11.6 Å². The van der Waals surface area contributed by atoms with Crippen LogP contribution in [0.3, 0.4) is 0 Å². The summed E-state index contributed by atoms with van der Waals surface area (Å²) in [6.07, 6.45) is 0. The Morgan fingerprint density at radius 2 is 1.52 bits per heavy atom. The number of carbonyl (C=O) groups excluding carboxylic acids is 1. The van der Waals surface area contributed by atoms with Gasteiger partial charge in [-0.3, -0.25) is 4.79 Å². The van der Waals surface area contributed by atoms with E-state index >= 15 is 0 Å². The average Bonchev–Trinajstić information content (AvgIpc) is 2.69. The van der Waals surface area contributed by atoms with Gasteiger partial charge in [0.15, 0.2) is 0 Å². The van der Waals surface area contributed by atoms with Gasteiger partial charge in [0.2, 0.25) is 5.91 Å². The zero-order valence-electron chi connectivity index (χ0n) is 14.9. The highest BCUT2D eigenvalue weighted by molar-refractivity contribution is 6.30. The van der Waals surface area contributed by atoms with Gasteiger partial charge in [0.1, 0.15) is 12.4 Å². The zero-order valence-corrected chi connectivity index (χ0v) is 15.6. The zero-order chi connectivity index (χ0) is 19.1. The Morgan fingerprint density at radius 3 is 2.11 bits per heavy atom. The third-order valence-corrected chi connectivity index (χ3v) is 4.07. The summed E-state index contributed by atoms with van der Waals surface area (Å²) < 4.78 is 5.82. The standard InChI is InChI=1S/C22H19ClN2O2/c1-16(26)24-25-22(18-7-11-20(23)12-8-18)19-9-13-21(14-10-19)27-15-17-5-3-2-4-6-17/h2-14H,15H2,1H3,(H,24,26)/b25-22+. The molecule has 27 heavy (non-hydrogen) atoms. The smallest absolute Gasteiger partial charge is 0.236 e. The van der Waals surface area contributed by atoms with Crippen molar-refractivity contribution in [2.75, 3.05) is 0 Å². The summed E-state index contributed by atoms with van der Waals surface area (Å²) in [5.41, 5.74) is 5.97. The summed E-state index contributed by atoms with van der Waals surface area (Å²) in [7, 11) is 0. The van der Waals surface area contributed by atoms with E-state index in [1.54, 1.807) is 12.1 Å². The second-order valence-electron chi connectivity index (χ2n) is 5.93. The minimum Gasteiger partial charge on any atom is -0.489 e. The van der Waals surface area contributed by atoms with E-state index in [9.17, 15) is 4.79 Å². The van der Waals surface area contributed by atoms with E-state index in [2.05, 4.69) is 10.5 Å². The SMILES string of the molecule is CC(=O)N/N=C(\c1ccc(Cl)cc1)c1ccc(OCc2ccccc2)cc1. The maximum absolute atomic E-state index is 11.3. The Bertz CT molecular complexity index is 921. The van der Waals surface area contributed by atoms with Crippen molar-refractivity contribution in [2.45, 2.75) is 13.5 Å². The Labute approximate surface area is 163 Å². The van der Waals surface area contributed by atoms with Gasteiger partial charge in [0.05, 0.1) is 5.71 Å². The summed E-state index contributed by atoms with van der Waals surface area (Å²) in [5, 5.41) is 4.89. The molecule has 0 spiro atoms. The molecule has 4 nitrogen and oxygen atoms in total. The maximum Gasteiger partial charge on any atom is 0.236 e. The molecule has 0 heterocycles. The number of halogens is 1. The van der Waals surface area contributed by atoms with Crippen LogP contribution in [-0.4, -0.2) is 11.6 Å². The van der Waals surface area contributed by atoms with Crippen molar-refractivity contribution >= 4 is 23.2 Å². The van der Waals surface area contributed by atoms with Crippen molar-refractivity contribution in [1.29, 1.82) is 0 Å². The maximum atomic E-state index is 11.3. The lowest BCUT2D eigenvalue weighted by atomic mass is 10.0. The average molecular weight is 379 g/mol. The molecule has 0 bridgehead atoms. The predicted octanol–water partition coefficient (Wildman–Crippen LogP) is 4.81. The van der Waals surface area contributed by atoms with Gasteiger partial charge in [-0.05, 0) is 42.0 Å². The van der Waals surface area contributed by atoms with E-state index in [1.807, 2.05) is 66.7 Å². The Hall–Kier alpha value is -3.11. The lowest BCUT2D eigenvalue weighted by molar-refractivity contribution is -0.118. The molecule has 0 saturated carbocycles. The molecule has 3 rings (SSSR count). The van der Waals surface area contributed by atoms with Crippen LogP contribution in [0.1, 0.15) is 23.6 Å². The summed E-state index contributed by atoms with van der Waals surface area (Å²) in [6, 6.07) is 24.9. The summed E-state index contributed by atoms with van der Waals surface area (Å²) in [5.74, 6) is 0.530. The van der Waals surface area contributed by atoms with Gasteiger partial charge in [-0.2, -0.15) is 5.10 Å². The molecule has 0 aromatic heterocycles. The van der Waals surface area contributed by atoms with Gasteiger partial charge in [-0.15, -0.1) is 0 Å². The first-order chi connectivity index (χ1) is 13.1. The first-order valence-electron chi connectivity index (χ1n) is 8.49. The van der Waals surface area contributed by atoms with Crippen LogP contribution in [-0.2, 0) is 11.4 Å². The molecule has 0 radical (unpaired) electrons. The molecule has 0 aliphatic rings. The summed E-state index contributed by atoms with van der Waals surface area (Å²) in [6.45, 7) is 1.92. The monoisotopic (exact) mass is 378 g/mol. The number of hydrogen-bond donors (Lipinski definition) is 1. The molecular weight excluding hydrogens is 360 g/mol. The quantitative estimate of drug-likeness (QED) is 0.494. The third kappa shape index (κ3) is 5.43. The molecule has 1 amide bonds. The molecule has 0 atom stereocenters. The summed E-state index contributed by atoms with van der Waals surface area (Å²) >= 11 is 5.97. The first-order valence-corrected chi connectivity index (χ1v) is 8.87. The van der Waals surface area contributed by atoms with Crippen LogP contribution in [0.4, 0.5) is 0 Å². The molecule has 136 valence electrons. The number of nitrogens with one attached hydrogen (secondary N) is 1. The van der Waals surface area contributed by atoms with Crippen molar-refractivity contribution < 1.29 is 9.53 Å². The van der Waals surface area contributed by atoms with Gasteiger partial charge in [-0.1, -0.05) is 54.1 Å². The number of carbonyl (C=O) groups is 1. The molecule has 5 heteroatoms. The van der Waals surface area contributed by atoms with E-state index in [4.69, 9.17) is 16.3 Å². The van der Waals surface area contributed by atoms with Crippen LogP contribution in [0.2, 0.25) is 5.02 Å². The Balaban J connectivity index is 1.79. The van der Waals surface area contributed by atoms with Crippen molar-refractivity contribution in [1.82, 2.24) is 5.43 Å². The molecule has 0 aliphatic carbocycles. The van der Waals surface area contributed by atoms with E-state index in [1.165, 1.54) is 6.92 Å². The predicted molar refractivity (Wildman–Crippen MR) is 108 cm³/mol. The minimum atomic E-state index is -0.232. The lowest BCUT2D eigenvalue weighted by Crippen LogP contribution is -2.17. The first kappa shape index (κ1) is 18.7. The van der Waals surface area contributed by atoms with E-state index < -0.39 is 0 Å². The van der Waals surface area contributed by atoms with Crippen molar-refractivity contribution in [2.24, 2.45) is 5.10 Å². The van der Waals surface area contributed by atoms with Crippen molar-refractivity contribution in [3.8, 4) is 5.75 Å². The van der Waals surface area contributed by atoms with E-state index in [0.717, 1.165) is 22.4 Å². The minimum absolute atomic E-state index is 0.232. The fraction of sp³-hybridized carbons (Fsp3) is 0.0909. The topological polar surface area (TPSA) is 50.7 Å². The normalized spacial score (nSPS) is 11.1. The highest BCUT2D eigenvalue weighted by Gasteiger charge is 2.09. The number of benzene rings is 3. The third-order valence-electron chi connectivity index (χ3n) is 3.82. The number of amides is 1. The number of nitrogens with zero attached hydrogens (tertiary/aromatic N) is 1. The second kappa shape index (κ2) is 9.01.